The van der Waals surface area contributed by atoms with Crippen molar-refractivity contribution < 1.29 is 14.3 Å². The topological polar surface area (TPSA) is 61.4 Å². The van der Waals surface area contributed by atoms with Crippen molar-refractivity contribution in [2.24, 2.45) is 0 Å². The molecule has 1 fully saturated rings. The normalized spacial score (nSPS) is 23.6. The molecule has 0 aliphatic carbocycles. The molecule has 2 rings (SSSR count). The van der Waals surface area contributed by atoms with Gasteiger partial charge in [0.2, 0.25) is 5.91 Å². The Morgan fingerprint density at radius 1 is 1.53 bits per heavy atom. The molecule has 1 heterocycles. The Labute approximate surface area is 98.8 Å². The van der Waals surface area contributed by atoms with E-state index >= 15 is 0 Å². The Morgan fingerprint density at radius 2 is 2.29 bits per heavy atom. The maximum Gasteiger partial charge on any atom is 0.227 e. The number of nitrogens with one attached hydrogen (secondary N) is 2. The highest BCUT2D eigenvalue weighted by Crippen LogP contribution is 2.26. The second kappa shape index (κ2) is 4.71. The van der Waals surface area contributed by atoms with Crippen LogP contribution in [0.4, 0.5) is 10.1 Å². The van der Waals surface area contributed by atoms with Crippen LogP contribution in [0.3, 0.4) is 0 Å². The summed E-state index contributed by atoms with van der Waals surface area (Å²) < 4.78 is 14.0. The van der Waals surface area contributed by atoms with Crippen molar-refractivity contribution in [2.45, 2.75) is 18.5 Å². The zero-order valence-electron chi connectivity index (χ0n) is 9.37. The van der Waals surface area contributed by atoms with E-state index in [1.807, 2.05) is 0 Å². The first-order valence-electron chi connectivity index (χ1n) is 5.57. The monoisotopic (exact) mass is 238 g/mol. The quantitative estimate of drug-likeness (QED) is 0.698. The summed E-state index contributed by atoms with van der Waals surface area (Å²) in [7, 11) is 0. The average Bonchev–Trinajstić information content (AvgIpc) is 2.68. The Bertz CT molecular complexity index is 417. The molecule has 0 aromatic heterocycles. The van der Waals surface area contributed by atoms with Gasteiger partial charge in [-0.05, 0) is 25.1 Å². The molecule has 1 aliphatic heterocycles. The van der Waals surface area contributed by atoms with E-state index in [-0.39, 0.29) is 18.7 Å². The molecule has 0 saturated carbocycles. The fourth-order valence-electron chi connectivity index (χ4n) is 1.93. The lowest BCUT2D eigenvalue weighted by atomic mass is 10.0. The summed E-state index contributed by atoms with van der Waals surface area (Å²) >= 11 is 0. The first-order valence-corrected chi connectivity index (χ1v) is 5.57. The van der Waals surface area contributed by atoms with Gasteiger partial charge in [0.1, 0.15) is 11.4 Å². The Morgan fingerprint density at radius 3 is 2.94 bits per heavy atom. The van der Waals surface area contributed by atoms with Crippen LogP contribution in [0.25, 0.3) is 0 Å². The van der Waals surface area contributed by atoms with Gasteiger partial charge in [-0.1, -0.05) is 12.1 Å². The van der Waals surface area contributed by atoms with Crippen molar-refractivity contribution in [2.75, 3.05) is 18.4 Å². The number of halogens is 1. The first-order chi connectivity index (χ1) is 8.09. The summed E-state index contributed by atoms with van der Waals surface area (Å²) in [6.07, 6.45) is 0.162. The highest BCUT2D eigenvalue weighted by molar-refractivity contribution is 5.92. The van der Waals surface area contributed by atoms with E-state index in [4.69, 9.17) is 0 Å². The molecule has 4 nitrogen and oxygen atoms in total. The lowest BCUT2D eigenvalue weighted by Gasteiger charge is -2.17. The zero-order valence-corrected chi connectivity index (χ0v) is 9.37. The number of aromatic hydroxyl groups is 1. The van der Waals surface area contributed by atoms with Crippen LogP contribution in [0, 0.1) is 0 Å². The van der Waals surface area contributed by atoms with E-state index < -0.39 is 11.6 Å². The van der Waals surface area contributed by atoms with Crippen LogP contribution in [-0.2, 0) is 4.79 Å². The molecule has 92 valence electrons. The molecule has 1 aromatic rings. The largest absolute Gasteiger partial charge is 0.506 e. The van der Waals surface area contributed by atoms with Gasteiger partial charge < -0.3 is 15.7 Å². The summed E-state index contributed by atoms with van der Waals surface area (Å²) in [5, 5.41) is 14.9. The van der Waals surface area contributed by atoms with Gasteiger partial charge in [0.15, 0.2) is 0 Å². The van der Waals surface area contributed by atoms with Crippen molar-refractivity contribution in [3.63, 3.8) is 0 Å². The predicted octanol–water partition coefficient (Wildman–Crippen LogP) is 1.42. The minimum Gasteiger partial charge on any atom is -0.506 e. The number of anilines is 1. The number of hydrogen-bond donors (Lipinski definition) is 3. The van der Waals surface area contributed by atoms with Gasteiger partial charge in [0, 0.05) is 6.54 Å². The number of amides is 1. The van der Waals surface area contributed by atoms with Crippen LogP contribution in [0.1, 0.15) is 12.8 Å². The predicted molar refractivity (Wildman–Crippen MR) is 62.7 cm³/mol. The third-order valence-electron chi connectivity index (χ3n) is 2.85. The van der Waals surface area contributed by atoms with E-state index in [1.54, 1.807) is 18.2 Å². The molecule has 1 unspecified atom stereocenters. The minimum absolute atomic E-state index is 0.0155. The van der Waals surface area contributed by atoms with Gasteiger partial charge in [-0.15, -0.1) is 0 Å². The van der Waals surface area contributed by atoms with Crippen LogP contribution >= 0.6 is 0 Å². The summed E-state index contributed by atoms with van der Waals surface area (Å²) in [6.45, 7) is 0.807. The summed E-state index contributed by atoms with van der Waals surface area (Å²) in [4.78, 5) is 11.6. The third kappa shape index (κ3) is 2.94. The highest BCUT2D eigenvalue weighted by atomic mass is 19.1. The number of carbonyl (C=O) groups is 1. The lowest BCUT2D eigenvalue weighted by Crippen LogP contribution is -2.31. The van der Waals surface area contributed by atoms with Gasteiger partial charge in [0.05, 0.1) is 12.1 Å². The standard InChI is InChI=1S/C12H15FN2O2/c13-12(5-6-14-8-12)7-11(17)15-9-3-1-2-4-10(9)16/h1-4,14,16H,5-8H2,(H,15,17). The molecule has 0 bridgehead atoms. The number of alkyl halides is 1. The molecular weight excluding hydrogens is 223 g/mol. The van der Waals surface area contributed by atoms with Gasteiger partial charge in [0.25, 0.3) is 0 Å². The maximum absolute atomic E-state index is 14.0. The van der Waals surface area contributed by atoms with E-state index in [0.717, 1.165) is 0 Å². The number of para-hydroxylation sites is 2. The van der Waals surface area contributed by atoms with Crippen molar-refractivity contribution in [3.05, 3.63) is 24.3 Å². The summed E-state index contributed by atoms with van der Waals surface area (Å²) in [6, 6.07) is 6.39. The van der Waals surface area contributed by atoms with Crippen LogP contribution < -0.4 is 10.6 Å². The van der Waals surface area contributed by atoms with Crippen LogP contribution in [0.2, 0.25) is 0 Å². The summed E-state index contributed by atoms with van der Waals surface area (Å²) in [5.41, 5.74) is -1.15. The lowest BCUT2D eigenvalue weighted by molar-refractivity contribution is -0.118. The number of phenolic OH excluding ortho intramolecular Hbond substituents is 1. The SMILES string of the molecule is O=C(CC1(F)CCNC1)Nc1ccccc1O. The molecule has 3 N–H and O–H groups in total. The van der Waals surface area contributed by atoms with Gasteiger partial charge in [-0.3, -0.25) is 4.79 Å². The minimum atomic E-state index is -1.46. The smallest absolute Gasteiger partial charge is 0.227 e. The zero-order chi connectivity index (χ0) is 12.3. The molecule has 1 amide bonds. The number of benzene rings is 1. The van der Waals surface area contributed by atoms with Gasteiger partial charge >= 0.3 is 0 Å². The molecule has 1 aromatic carbocycles. The van der Waals surface area contributed by atoms with Crippen LogP contribution in [-0.4, -0.2) is 29.8 Å². The Hall–Kier alpha value is -1.62. The van der Waals surface area contributed by atoms with Crippen LogP contribution in [0.5, 0.6) is 5.75 Å². The Kier molecular flexibility index (Phi) is 3.28. The number of phenols is 1. The molecule has 0 spiro atoms. The van der Waals surface area contributed by atoms with E-state index in [2.05, 4.69) is 10.6 Å². The van der Waals surface area contributed by atoms with Crippen molar-refractivity contribution in [1.82, 2.24) is 5.32 Å². The van der Waals surface area contributed by atoms with Gasteiger partial charge in [-0.2, -0.15) is 0 Å². The van der Waals surface area contributed by atoms with Crippen molar-refractivity contribution in [1.29, 1.82) is 0 Å². The van der Waals surface area contributed by atoms with Crippen molar-refractivity contribution in [3.8, 4) is 5.75 Å². The highest BCUT2D eigenvalue weighted by Gasteiger charge is 2.35. The van der Waals surface area contributed by atoms with Gasteiger partial charge in [-0.25, -0.2) is 4.39 Å². The van der Waals surface area contributed by atoms with Crippen LogP contribution in [0.15, 0.2) is 24.3 Å². The molecule has 1 saturated heterocycles. The number of rotatable bonds is 3. The molecule has 1 aliphatic rings. The average molecular weight is 238 g/mol. The number of hydrogen-bond acceptors (Lipinski definition) is 3. The molecule has 17 heavy (non-hydrogen) atoms. The third-order valence-corrected chi connectivity index (χ3v) is 2.85. The fraction of sp³-hybridized carbons (Fsp3) is 0.417. The van der Waals surface area contributed by atoms with E-state index in [0.29, 0.717) is 18.7 Å². The molecule has 5 heteroatoms. The Balaban J connectivity index is 1.96. The van der Waals surface area contributed by atoms with E-state index in [9.17, 15) is 14.3 Å². The maximum atomic E-state index is 14.0. The molecule has 0 radical (unpaired) electrons. The number of carbonyl (C=O) groups excluding carboxylic acids is 1. The summed E-state index contributed by atoms with van der Waals surface area (Å²) in [5.74, 6) is -0.434. The second-order valence-electron chi connectivity index (χ2n) is 4.32. The van der Waals surface area contributed by atoms with Crippen molar-refractivity contribution >= 4 is 11.6 Å². The first kappa shape index (κ1) is 11.9. The molecule has 1 atom stereocenters. The van der Waals surface area contributed by atoms with E-state index in [1.165, 1.54) is 6.07 Å². The molecular formula is C12H15FN2O2. The fourth-order valence-corrected chi connectivity index (χ4v) is 1.93. The second-order valence-corrected chi connectivity index (χ2v) is 4.32.